The Bertz CT molecular complexity index is 412. The molecule has 21 heavy (non-hydrogen) atoms. The number of carboxylic acid groups (broad SMARTS) is 2. The predicted octanol–water partition coefficient (Wildman–Crippen LogP) is -4.34. The van der Waals surface area contributed by atoms with Gasteiger partial charge in [0.05, 0.1) is 30.7 Å². The molecule has 0 spiro atoms. The lowest BCUT2D eigenvalue weighted by atomic mass is 10.2. The van der Waals surface area contributed by atoms with Gasteiger partial charge in [-0.15, -0.1) is 0 Å². The van der Waals surface area contributed by atoms with E-state index in [1.165, 1.54) is 6.42 Å². The third-order valence-corrected chi connectivity index (χ3v) is 1.71. The second-order valence-corrected chi connectivity index (χ2v) is 5.29. The van der Waals surface area contributed by atoms with Crippen LogP contribution in [0.2, 0.25) is 0 Å². The van der Waals surface area contributed by atoms with Gasteiger partial charge < -0.3 is 31.3 Å². The minimum atomic E-state index is -1.44. The maximum Gasteiger partial charge on any atom is 0.0899 e. The zero-order chi connectivity index (χ0) is 16.8. The van der Waals surface area contributed by atoms with E-state index in [0.29, 0.717) is 0 Å². The summed E-state index contributed by atoms with van der Waals surface area (Å²) < 4.78 is 9.56. The highest BCUT2D eigenvalue weighted by atomic mass is 32.2. The number of aromatic nitrogens is 1. The van der Waals surface area contributed by atoms with Gasteiger partial charge in [-0.2, -0.15) is 0 Å². The smallest absolute Gasteiger partial charge is 0.0899 e. The zero-order valence-electron chi connectivity index (χ0n) is 12.2. The molecule has 8 nitrogen and oxygen atoms in total. The van der Waals surface area contributed by atoms with Gasteiger partial charge in [-0.3, -0.25) is 9.19 Å². The van der Waals surface area contributed by atoms with Gasteiger partial charge in [-0.05, 0) is 12.1 Å². The number of quaternary nitrogens is 2. The Labute approximate surface area is 125 Å². The maximum atomic E-state index is 10.2. The first-order valence-corrected chi connectivity index (χ1v) is 7.95. The number of rotatable bonds is 4. The minimum Gasteiger partial charge on any atom is -0.545 e. The van der Waals surface area contributed by atoms with Gasteiger partial charge in [0.2, 0.25) is 0 Å². The Morgan fingerprint density at radius 2 is 1.62 bits per heavy atom. The second kappa shape index (κ2) is 13.2. The molecule has 0 radical (unpaired) electrons. The number of hydrogen-bond acceptors (Lipinski definition) is 6. The van der Waals surface area contributed by atoms with E-state index >= 15 is 0 Å². The highest BCUT2D eigenvalue weighted by molar-refractivity contribution is 7.83. The number of hydrogen-bond donors (Lipinski definition) is 2. The lowest BCUT2D eigenvalue weighted by Crippen LogP contribution is -2.56. The van der Waals surface area contributed by atoms with Crippen molar-refractivity contribution in [1.29, 1.82) is 0 Å². The number of nitrogens with zero attached hydrogens (tertiary/aromatic N) is 1. The molecule has 0 fully saturated rings. The molecule has 0 unspecified atom stereocenters. The molecule has 1 heterocycles. The third-order valence-electron chi connectivity index (χ3n) is 1.71. The molecule has 0 saturated carbocycles. The molecule has 9 heteroatoms. The van der Waals surface area contributed by atoms with Crippen molar-refractivity contribution in [3.05, 3.63) is 29.6 Å². The molecular formula is C12H21N3O5S. The van der Waals surface area contributed by atoms with Crippen LogP contribution in [0.1, 0.15) is 27.3 Å². The summed E-state index contributed by atoms with van der Waals surface area (Å²) in [6, 6.07) is 2.13. The molecule has 0 amide bonds. The van der Waals surface area contributed by atoms with Gasteiger partial charge in [-0.1, -0.05) is 0 Å². The van der Waals surface area contributed by atoms with Crippen LogP contribution < -0.4 is 21.7 Å². The molecule has 6 N–H and O–H groups in total. The monoisotopic (exact) mass is 319 g/mol. The summed E-state index contributed by atoms with van der Waals surface area (Å²) in [7, 11) is -0.611. The Morgan fingerprint density at radius 1 is 1.14 bits per heavy atom. The second-order valence-electron chi connectivity index (χ2n) is 3.81. The van der Waals surface area contributed by atoms with Gasteiger partial charge in [-0.25, -0.2) is 0 Å². The highest BCUT2D eigenvalue weighted by Gasteiger charge is 1.96. The topological polar surface area (TPSA) is 166 Å². The number of carboxylic acids is 2. The molecule has 0 atom stereocenters. The fourth-order valence-electron chi connectivity index (χ4n) is 0.812. The first kappa shape index (κ1) is 21.5. The molecule has 1 aromatic heterocycles. The first-order chi connectivity index (χ1) is 9.76. The summed E-state index contributed by atoms with van der Waals surface area (Å²) in [5, 5.41) is 20.3. The van der Waals surface area contributed by atoms with Crippen molar-refractivity contribution in [2.75, 3.05) is 25.6 Å². The van der Waals surface area contributed by atoms with Crippen LogP contribution in [0.15, 0.2) is 18.3 Å². The largest absolute Gasteiger partial charge is 0.545 e. The molecular weight excluding hydrogens is 298 g/mol. The minimum absolute atomic E-state index is 0.167. The highest BCUT2D eigenvalue weighted by Crippen LogP contribution is 1.97. The van der Waals surface area contributed by atoms with E-state index in [1.54, 1.807) is 12.5 Å². The normalized spacial score (nSPS) is 9.00. The van der Waals surface area contributed by atoms with Crippen molar-refractivity contribution < 1.29 is 35.5 Å². The standard InChI is InChI=1S/C7H5NO4.C3H10N2.C2H6OS/c9-6(10)4-1-2-5(7(11)12)8-3-4;4-2-1-3-5;1-4(2)3/h1-3H,(H,9,10)(H,11,12);1-5H2;1-2H3. The number of carbonyl (C=O) groups is 2. The van der Waals surface area contributed by atoms with Crippen LogP contribution in [-0.4, -0.2) is 46.7 Å². The summed E-state index contributed by atoms with van der Waals surface area (Å²) in [6.45, 7) is 2.06. The Morgan fingerprint density at radius 3 is 1.81 bits per heavy atom. The van der Waals surface area contributed by atoms with Crippen molar-refractivity contribution in [2.45, 2.75) is 6.42 Å². The van der Waals surface area contributed by atoms with Crippen molar-refractivity contribution in [1.82, 2.24) is 4.98 Å². The number of pyridine rings is 1. The van der Waals surface area contributed by atoms with Crippen molar-refractivity contribution >= 4 is 22.7 Å². The summed E-state index contributed by atoms with van der Waals surface area (Å²) in [4.78, 5) is 23.6. The molecule has 1 rings (SSSR count). The van der Waals surface area contributed by atoms with Crippen molar-refractivity contribution in [3.8, 4) is 0 Å². The van der Waals surface area contributed by atoms with Crippen LogP contribution in [0.4, 0.5) is 0 Å². The van der Waals surface area contributed by atoms with Gasteiger partial charge in [0, 0.05) is 41.5 Å². The maximum absolute atomic E-state index is 10.2. The molecule has 1 aromatic rings. The summed E-state index contributed by atoms with van der Waals surface area (Å²) in [5.41, 5.74) is 6.80. The zero-order valence-corrected chi connectivity index (χ0v) is 13.0. The van der Waals surface area contributed by atoms with E-state index in [0.717, 1.165) is 31.4 Å². The molecule has 0 aliphatic rings. The Balaban J connectivity index is 0. The third kappa shape index (κ3) is 14.4. The Hall–Kier alpha value is -1.84. The van der Waals surface area contributed by atoms with E-state index < -0.39 is 22.7 Å². The summed E-state index contributed by atoms with van der Waals surface area (Å²) >= 11 is 0. The van der Waals surface area contributed by atoms with Gasteiger partial charge >= 0.3 is 0 Å². The van der Waals surface area contributed by atoms with E-state index in [-0.39, 0.29) is 11.3 Å². The lowest BCUT2D eigenvalue weighted by Gasteiger charge is -2.03. The average Bonchev–Trinajstić information content (AvgIpc) is 2.39. The van der Waals surface area contributed by atoms with Crippen LogP contribution in [0.5, 0.6) is 0 Å². The number of carbonyl (C=O) groups excluding carboxylic acids is 2. The summed E-state index contributed by atoms with van der Waals surface area (Å²) in [5.74, 6) is -2.84. The van der Waals surface area contributed by atoms with E-state index in [9.17, 15) is 24.0 Å². The lowest BCUT2D eigenvalue weighted by molar-refractivity contribution is -0.404. The van der Waals surface area contributed by atoms with Crippen LogP contribution in [0.3, 0.4) is 0 Å². The van der Waals surface area contributed by atoms with Crippen molar-refractivity contribution in [2.24, 2.45) is 0 Å². The molecule has 0 bridgehead atoms. The molecule has 0 aliphatic carbocycles. The molecule has 0 saturated heterocycles. The molecule has 0 aromatic carbocycles. The predicted molar refractivity (Wildman–Crippen MR) is 73.0 cm³/mol. The van der Waals surface area contributed by atoms with Gasteiger partial charge in [0.15, 0.2) is 0 Å². The van der Waals surface area contributed by atoms with Crippen LogP contribution >= 0.6 is 0 Å². The fourth-order valence-corrected chi connectivity index (χ4v) is 0.812. The molecule has 120 valence electrons. The van der Waals surface area contributed by atoms with E-state index in [4.69, 9.17) is 0 Å². The van der Waals surface area contributed by atoms with Gasteiger partial charge in [0.1, 0.15) is 0 Å². The number of aromatic carboxylic acids is 2. The fraction of sp³-hybridized carbons (Fsp3) is 0.417. The van der Waals surface area contributed by atoms with Gasteiger partial charge in [0.25, 0.3) is 0 Å². The van der Waals surface area contributed by atoms with E-state index in [2.05, 4.69) is 16.5 Å². The first-order valence-electron chi connectivity index (χ1n) is 5.98. The summed E-state index contributed by atoms with van der Waals surface area (Å²) in [6.07, 6.45) is 5.35. The van der Waals surface area contributed by atoms with E-state index in [1.807, 2.05) is 0 Å². The van der Waals surface area contributed by atoms with Crippen molar-refractivity contribution in [3.63, 3.8) is 0 Å². The van der Waals surface area contributed by atoms with Crippen LogP contribution in [0, 0.1) is 0 Å². The van der Waals surface area contributed by atoms with Crippen LogP contribution in [-0.2, 0) is 10.8 Å². The SMILES string of the molecule is CS(C)=O.O=C([O-])c1ccc(C(=O)[O-])nc1.[NH3+]CCC[NH3+]. The Kier molecular flexibility index (Phi) is 13.4. The molecule has 0 aliphatic heterocycles. The average molecular weight is 319 g/mol. The van der Waals surface area contributed by atoms with Crippen LogP contribution in [0.25, 0.3) is 0 Å². The quantitative estimate of drug-likeness (QED) is 0.569.